The summed E-state index contributed by atoms with van der Waals surface area (Å²) in [6, 6.07) is 3.96. The third-order valence-electron chi connectivity index (χ3n) is 8.23. The van der Waals surface area contributed by atoms with Gasteiger partial charge in [-0.1, -0.05) is 6.07 Å². The number of likely N-dealkylation sites (tertiary alicyclic amines) is 1. The number of piperazine rings is 1. The molecule has 0 spiro atoms. The number of nitrogens with one attached hydrogen (secondary N) is 1. The molecular weight excluding hydrogens is 556 g/mol. The van der Waals surface area contributed by atoms with Gasteiger partial charge < -0.3 is 33.9 Å². The lowest BCUT2D eigenvalue weighted by Crippen LogP contribution is -2.55. The average molecular weight is 598 g/mol. The van der Waals surface area contributed by atoms with Crippen molar-refractivity contribution in [1.82, 2.24) is 14.7 Å². The highest BCUT2D eigenvalue weighted by Crippen LogP contribution is 2.38. The molecular formula is C28H42BF3N4O6. The van der Waals surface area contributed by atoms with E-state index in [1.807, 2.05) is 20.8 Å². The number of benzene rings is 1. The van der Waals surface area contributed by atoms with E-state index in [0.29, 0.717) is 45.3 Å². The van der Waals surface area contributed by atoms with Crippen molar-refractivity contribution in [2.75, 3.05) is 44.6 Å². The second-order valence-electron chi connectivity index (χ2n) is 13.0. The molecule has 0 bridgehead atoms. The number of alkyl halides is 3. The topological polar surface area (TPSA) is 92.8 Å². The van der Waals surface area contributed by atoms with Crippen LogP contribution < -0.4 is 15.5 Å². The van der Waals surface area contributed by atoms with E-state index in [9.17, 15) is 22.8 Å². The zero-order chi connectivity index (χ0) is 31.1. The van der Waals surface area contributed by atoms with Gasteiger partial charge >= 0.3 is 25.6 Å². The molecule has 234 valence electrons. The molecule has 42 heavy (non-hydrogen) atoms. The first-order valence-corrected chi connectivity index (χ1v) is 14.4. The monoisotopic (exact) mass is 598 g/mol. The third kappa shape index (κ3) is 7.81. The van der Waals surface area contributed by atoms with Crippen molar-refractivity contribution in [2.45, 2.75) is 90.5 Å². The lowest BCUT2D eigenvalue weighted by Gasteiger charge is -2.42. The highest BCUT2D eigenvalue weighted by Gasteiger charge is 2.53. The number of carbonyl (C=O) groups excluding carboxylic acids is 2. The quantitative estimate of drug-likeness (QED) is 0.513. The second kappa shape index (κ2) is 11.8. The molecule has 3 aliphatic heterocycles. The molecule has 1 aromatic carbocycles. The van der Waals surface area contributed by atoms with Crippen molar-refractivity contribution in [1.29, 1.82) is 0 Å². The highest BCUT2D eigenvalue weighted by molar-refractivity contribution is 6.63. The second-order valence-corrected chi connectivity index (χ2v) is 13.0. The summed E-state index contributed by atoms with van der Waals surface area (Å²) in [5.41, 5.74) is -1.80. The Morgan fingerprint density at radius 3 is 2.02 bits per heavy atom. The van der Waals surface area contributed by atoms with Gasteiger partial charge in [-0.15, -0.1) is 13.2 Å². The van der Waals surface area contributed by atoms with Crippen LogP contribution in [0.5, 0.6) is 5.75 Å². The van der Waals surface area contributed by atoms with Crippen LogP contribution in [0.1, 0.15) is 61.3 Å². The first-order valence-electron chi connectivity index (χ1n) is 14.4. The van der Waals surface area contributed by atoms with Gasteiger partial charge in [0, 0.05) is 62.5 Å². The number of amides is 3. The van der Waals surface area contributed by atoms with Crippen LogP contribution in [0.15, 0.2) is 18.2 Å². The average Bonchev–Trinajstić information content (AvgIpc) is 3.08. The Labute approximate surface area is 245 Å². The summed E-state index contributed by atoms with van der Waals surface area (Å²) in [5.74, 6) is -0.499. The normalized spacial score (nSPS) is 21.8. The highest BCUT2D eigenvalue weighted by atomic mass is 19.4. The van der Waals surface area contributed by atoms with E-state index in [-0.39, 0.29) is 17.2 Å². The van der Waals surface area contributed by atoms with Crippen molar-refractivity contribution in [3.63, 3.8) is 0 Å². The third-order valence-corrected chi connectivity index (χ3v) is 8.23. The standard InChI is InChI=1S/C28H42BF3N4O6/c1-25(2,3)40-24(38)36-12-10-20(11-13-36)34-14-16-35(17-15-34)23(37)33-19-8-9-21(22(18-19)39-28(30,31)32)29-41-26(4,5)27(6,7)42-29/h8-9,18,20H,10-17H2,1-7H3,(H,33,37). The minimum Gasteiger partial charge on any atom is -0.444 e. The smallest absolute Gasteiger partial charge is 0.444 e. The molecule has 0 aromatic heterocycles. The van der Waals surface area contributed by atoms with Crippen LogP contribution in [0.4, 0.5) is 28.4 Å². The van der Waals surface area contributed by atoms with Gasteiger partial charge in [-0.3, -0.25) is 4.90 Å². The first kappa shape index (κ1) is 32.2. The van der Waals surface area contributed by atoms with Crippen LogP contribution in [-0.4, -0.2) is 102 Å². The van der Waals surface area contributed by atoms with Crippen LogP contribution in [0.2, 0.25) is 0 Å². The largest absolute Gasteiger partial charge is 0.573 e. The molecule has 0 atom stereocenters. The molecule has 3 saturated heterocycles. The fourth-order valence-corrected chi connectivity index (χ4v) is 5.22. The number of hydrogen-bond donors (Lipinski definition) is 1. The van der Waals surface area contributed by atoms with Crippen molar-refractivity contribution in [3.8, 4) is 5.75 Å². The predicted octanol–water partition coefficient (Wildman–Crippen LogP) is 4.43. The van der Waals surface area contributed by atoms with Crippen molar-refractivity contribution in [2.24, 2.45) is 0 Å². The summed E-state index contributed by atoms with van der Waals surface area (Å²) in [4.78, 5) is 31.1. The van der Waals surface area contributed by atoms with E-state index in [1.54, 1.807) is 37.5 Å². The SMILES string of the molecule is CC(C)(C)OC(=O)N1CCC(N2CCN(C(=O)Nc3ccc(B4OC(C)(C)C(C)(C)O4)c(OC(F)(F)F)c3)CC2)CC1. The number of anilines is 1. The zero-order valence-corrected chi connectivity index (χ0v) is 25.5. The fourth-order valence-electron chi connectivity index (χ4n) is 5.22. The molecule has 0 saturated carbocycles. The molecule has 0 unspecified atom stereocenters. The summed E-state index contributed by atoms with van der Waals surface area (Å²) in [6.45, 7) is 16.2. The molecule has 4 rings (SSSR count). The maximum absolute atomic E-state index is 13.3. The van der Waals surface area contributed by atoms with E-state index in [2.05, 4.69) is 15.0 Å². The number of piperidine rings is 1. The predicted molar refractivity (Wildman–Crippen MR) is 152 cm³/mol. The van der Waals surface area contributed by atoms with Gasteiger partial charge in [0.05, 0.1) is 11.2 Å². The molecule has 3 heterocycles. The van der Waals surface area contributed by atoms with Gasteiger partial charge in [-0.2, -0.15) is 0 Å². The Balaban J connectivity index is 1.33. The lowest BCUT2D eigenvalue weighted by molar-refractivity contribution is -0.274. The Kier molecular flexibility index (Phi) is 9.02. The number of urea groups is 1. The van der Waals surface area contributed by atoms with Gasteiger partial charge in [0.2, 0.25) is 0 Å². The first-order chi connectivity index (χ1) is 19.3. The number of rotatable bonds is 4. The summed E-state index contributed by atoms with van der Waals surface area (Å²) < 4.78 is 61.5. The molecule has 0 radical (unpaired) electrons. The number of ether oxygens (including phenoxy) is 2. The van der Waals surface area contributed by atoms with Crippen LogP contribution in [-0.2, 0) is 14.0 Å². The number of nitrogens with zero attached hydrogens (tertiary/aromatic N) is 3. The van der Waals surface area contributed by atoms with E-state index in [4.69, 9.17) is 14.0 Å². The van der Waals surface area contributed by atoms with E-state index in [0.717, 1.165) is 18.9 Å². The molecule has 0 aliphatic carbocycles. The summed E-state index contributed by atoms with van der Waals surface area (Å²) in [6.07, 6.45) is -3.60. The van der Waals surface area contributed by atoms with Crippen molar-refractivity contribution < 1.29 is 41.5 Å². The number of carbonyl (C=O) groups is 2. The van der Waals surface area contributed by atoms with Gasteiger partial charge in [0.1, 0.15) is 11.4 Å². The van der Waals surface area contributed by atoms with Gasteiger partial charge in [0.15, 0.2) is 0 Å². The maximum Gasteiger partial charge on any atom is 0.573 e. The fraction of sp³-hybridized carbons (Fsp3) is 0.714. The molecule has 1 aromatic rings. The van der Waals surface area contributed by atoms with Crippen LogP contribution in [0.25, 0.3) is 0 Å². The number of halogens is 3. The number of hydrogen-bond acceptors (Lipinski definition) is 7. The van der Waals surface area contributed by atoms with E-state index in [1.165, 1.54) is 12.1 Å². The summed E-state index contributed by atoms with van der Waals surface area (Å²) in [5, 5.41) is 2.70. The molecule has 1 N–H and O–H groups in total. The maximum atomic E-state index is 13.3. The van der Waals surface area contributed by atoms with E-state index >= 15 is 0 Å². The van der Waals surface area contributed by atoms with Gasteiger partial charge in [-0.05, 0) is 67.4 Å². The van der Waals surface area contributed by atoms with Crippen molar-refractivity contribution in [3.05, 3.63) is 18.2 Å². The van der Waals surface area contributed by atoms with Gasteiger partial charge in [-0.25, -0.2) is 9.59 Å². The molecule has 3 aliphatic rings. The Hall–Kier alpha value is -2.71. The summed E-state index contributed by atoms with van der Waals surface area (Å²) >= 11 is 0. The summed E-state index contributed by atoms with van der Waals surface area (Å²) in [7, 11) is -1.07. The Morgan fingerprint density at radius 2 is 1.50 bits per heavy atom. The minimum absolute atomic E-state index is 0.0790. The Bertz CT molecular complexity index is 1130. The van der Waals surface area contributed by atoms with Crippen LogP contribution in [0.3, 0.4) is 0 Å². The van der Waals surface area contributed by atoms with Crippen molar-refractivity contribution >= 4 is 30.4 Å². The molecule has 3 amide bonds. The Morgan fingerprint density at radius 1 is 0.929 bits per heavy atom. The zero-order valence-electron chi connectivity index (χ0n) is 25.5. The molecule has 10 nitrogen and oxygen atoms in total. The molecule has 14 heteroatoms. The lowest BCUT2D eigenvalue weighted by atomic mass is 9.78. The van der Waals surface area contributed by atoms with E-state index < -0.39 is 42.1 Å². The van der Waals surface area contributed by atoms with Gasteiger partial charge in [0.25, 0.3) is 0 Å². The molecule has 3 fully saturated rings. The van der Waals surface area contributed by atoms with Crippen LogP contribution in [0, 0.1) is 0 Å². The minimum atomic E-state index is -4.94. The van der Waals surface area contributed by atoms with Crippen LogP contribution >= 0.6 is 0 Å².